The summed E-state index contributed by atoms with van der Waals surface area (Å²) < 4.78 is 3.92. The van der Waals surface area contributed by atoms with Crippen molar-refractivity contribution in [1.82, 2.24) is 9.27 Å². The second-order valence-electron chi connectivity index (χ2n) is 2.21. The number of carbonyl (C=O) groups excluding carboxylic acids is 1. The standard InChI is InChI=1S/C6H9N3OS/c1-9(2)6(10)7-5-3-4-11-8-5/h3-4H,1-2H3,(H,7,8,10). The van der Waals surface area contributed by atoms with Crippen molar-refractivity contribution in [3.8, 4) is 0 Å². The highest BCUT2D eigenvalue weighted by Crippen LogP contribution is 2.05. The zero-order valence-corrected chi connectivity index (χ0v) is 7.18. The second-order valence-corrected chi connectivity index (χ2v) is 2.87. The molecule has 0 saturated carbocycles. The minimum absolute atomic E-state index is 0.157. The van der Waals surface area contributed by atoms with Crippen LogP contribution in [0.4, 0.5) is 10.6 Å². The normalized spacial score (nSPS) is 9.27. The maximum atomic E-state index is 11.0. The molecule has 0 radical (unpaired) electrons. The number of aromatic nitrogens is 1. The van der Waals surface area contributed by atoms with Crippen LogP contribution in [0.3, 0.4) is 0 Å². The van der Waals surface area contributed by atoms with Crippen molar-refractivity contribution < 1.29 is 4.79 Å². The van der Waals surface area contributed by atoms with Gasteiger partial charge in [-0.05, 0) is 17.6 Å². The highest BCUT2D eigenvalue weighted by atomic mass is 32.1. The Balaban J connectivity index is 2.50. The van der Waals surface area contributed by atoms with E-state index < -0.39 is 0 Å². The van der Waals surface area contributed by atoms with Crippen LogP contribution in [0, 0.1) is 0 Å². The molecule has 0 fully saturated rings. The summed E-state index contributed by atoms with van der Waals surface area (Å²) in [6, 6.07) is 1.60. The van der Waals surface area contributed by atoms with Crippen LogP contribution in [0.25, 0.3) is 0 Å². The highest BCUT2D eigenvalue weighted by Gasteiger charge is 2.03. The first kappa shape index (κ1) is 8.00. The number of hydrogen-bond donors (Lipinski definition) is 1. The Morgan fingerprint density at radius 3 is 2.91 bits per heavy atom. The number of nitrogens with one attached hydrogen (secondary N) is 1. The molecular formula is C6H9N3OS. The third-order valence-electron chi connectivity index (χ3n) is 1.08. The lowest BCUT2D eigenvalue weighted by atomic mass is 10.6. The van der Waals surface area contributed by atoms with Gasteiger partial charge in [0.05, 0.1) is 0 Å². The lowest BCUT2D eigenvalue weighted by molar-refractivity contribution is 0.230. The maximum absolute atomic E-state index is 11.0. The number of carbonyl (C=O) groups is 1. The van der Waals surface area contributed by atoms with Crippen LogP contribution in [0.1, 0.15) is 0 Å². The number of hydrogen-bond acceptors (Lipinski definition) is 3. The quantitative estimate of drug-likeness (QED) is 0.690. The van der Waals surface area contributed by atoms with Gasteiger partial charge in [-0.2, -0.15) is 4.37 Å². The molecule has 1 heterocycles. The molecule has 1 N–H and O–H groups in total. The van der Waals surface area contributed by atoms with Crippen molar-refractivity contribution in [2.45, 2.75) is 0 Å². The predicted octanol–water partition coefficient (Wildman–Crippen LogP) is 1.24. The molecule has 0 aliphatic carbocycles. The van der Waals surface area contributed by atoms with E-state index in [2.05, 4.69) is 9.69 Å². The molecule has 5 heteroatoms. The monoisotopic (exact) mass is 171 g/mol. The molecule has 0 aliphatic heterocycles. The number of urea groups is 1. The second kappa shape index (κ2) is 3.34. The molecule has 0 saturated heterocycles. The molecule has 1 rings (SSSR count). The van der Waals surface area contributed by atoms with Gasteiger partial charge >= 0.3 is 6.03 Å². The van der Waals surface area contributed by atoms with Crippen LogP contribution in [0.5, 0.6) is 0 Å². The fourth-order valence-electron chi connectivity index (χ4n) is 0.498. The van der Waals surface area contributed by atoms with E-state index in [9.17, 15) is 4.79 Å². The summed E-state index contributed by atoms with van der Waals surface area (Å²) in [5.74, 6) is 0.605. The van der Waals surface area contributed by atoms with Gasteiger partial charge in [0.25, 0.3) is 0 Å². The fourth-order valence-corrected chi connectivity index (χ4v) is 0.969. The van der Waals surface area contributed by atoms with E-state index in [0.717, 1.165) is 0 Å². The third-order valence-corrected chi connectivity index (χ3v) is 1.64. The molecular weight excluding hydrogens is 162 g/mol. The Labute approximate surface area is 69.0 Å². The Kier molecular flexibility index (Phi) is 2.43. The van der Waals surface area contributed by atoms with Gasteiger partial charge in [-0.3, -0.25) is 5.32 Å². The third kappa shape index (κ3) is 2.19. The topological polar surface area (TPSA) is 45.2 Å². The molecule has 60 valence electrons. The largest absolute Gasteiger partial charge is 0.331 e. The predicted molar refractivity (Wildman–Crippen MR) is 44.8 cm³/mol. The first-order valence-electron chi connectivity index (χ1n) is 3.09. The Bertz CT molecular complexity index is 232. The van der Waals surface area contributed by atoms with E-state index >= 15 is 0 Å². The average Bonchev–Trinajstić information content (AvgIpc) is 2.39. The van der Waals surface area contributed by atoms with Crippen LogP contribution in [0.15, 0.2) is 11.4 Å². The minimum Gasteiger partial charge on any atom is -0.331 e. The van der Waals surface area contributed by atoms with Crippen LogP contribution < -0.4 is 5.32 Å². The maximum Gasteiger partial charge on any atom is 0.322 e. The minimum atomic E-state index is -0.157. The summed E-state index contributed by atoms with van der Waals surface area (Å²) >= 11 is 1.31. The molecule has 2 amide bonds. The van der Waals surface area contributed by atoms with E-state index in [0.29, 0.717) is 5.82 Å². The number of rotatable bonds is 1. The van der Waals surface area contributed by atoms with Gasteiger partial charge in [0, 0.05) is 19.5 Å². The molecule has 0 aromatic carbocycles. The molecule has 4 nitrogen and oxygen atoms in total. The van der Waals surface area contributed by atoms with E-state index in [1.165, 1.54) is 16.4 Å². The molecule has 0 spiro atoms. The summed E-state index contributed by atoms with van der Waals surface area (Å²) in [5.41, 5.74) is 0. The first-order valence-corrected chi connectivity index (χ1v) is 3.92. The van der Waals surface area contributed by atoms with Crippen molar-refractivity contribution in [2.24, 2.45) is 0 Å². The lowest BCUT2D eigenvalue weighted by Crippen LogP contribution is -2.27. The van der Waals surface area contributed by atoms with E-state index in [1.807, 2.05) is 5.38 Å². The van der Waals surface area contributed by atoms with Crippen molar-refractivity contribution in [3.05, 3.63) is 11.4 Å². The zero-order chi connectivity index (χ0) is 8.27. The van der Waals surface area contributed by atoms with Gasteiger partial charge in [0.2, 0.25) is 0 Å². The van der Waals surface area contributed by atoms with Crippen LogP contribution in [0.2, 0.25) is 0 Å². The van der Waals surface area contributed by atoms with Crippen molar-refractivity contribution in [1.29, 1.82) is 0 Å². The van der Waals surface area contributed by atoms with E-state index in [1.54, 1.807) is 20.2 Å². The fraction of sp³-hybridized carbons (Fsp3) is 0.333. The molecule has 0 unspecified atom stereocenters. The van der Waals surface area contributed by atoms with Crippen molar-refractivity contribution >= 4 is 23.4 Å². The van der Waals surface area contributed by atoms with Gasteiger partial charge in [-0.15, -0.1) is 0 Å². The van der Waals surface area contributed by atoms with Gasteiger partial charge in [0.1, 0.15) is 5.82 Å². The Morgan fingerprint density at radius 1 is 1.73 bits per heavy atom. The van der Waals surface area contributed by atoms with Gasteiger partial charge in [-0.25, -0.2) is 4.79 Å². The number of nitrogens with zero attached hydrogens (tertiary/aromatic N) is 2. The Hall–Kier alpha value is -1.10. The average molecular weight is 171 g/mol. The lowest BCUT2D eigenvalue weighted by Gasteiger charge is -2.09. The molecule has 0 atom stereocenters. The molecule has 1 aromatic heterocycles. The molecule has 11 heavy (non-hydrogen) atoms. The molecule has 0 aliphatic rings. The number of anilines is 1. The molecule has 0 bridgehead atoms. The van der Waals surface area contributed by atoms with E-state index in [-0.39, 0.29) is 6.03 Å². The summed E-state index contributed by atoms with van der Waals surface area (Å²) in [4.78, 5) is 12.4. The smallest absolute Gasteiger partial charge is 0.322 e. The summed E-state index contributed by atoms with van der Waals surface area (Å²) in [5, 5.41) is 4.42. The van der Waals surface area contributed by atoms with Crippen LogP contribution >= 0.6 is 11.5 Å². The van der Waals surface area contributed by atoms with Crippen LogP contribution in [-0.4, -0.2) is 29.4 Å². The molecule has 1 aromatic rings. The first-order chi connectivity index (χ1) is 5.20. The highest BCUT2D eigenvalue weighted by molar-refractivity contribution is 7.03. The van der Waals surface area contributed by atoms with Crippen molar-refractivity contribution in [2.75, 3.05) is 19.4 Å². The Morgan fingerprint density at radius 2 is 2.45 bits per heavy atom. The zero-order valence-electron chi connectivity index (χ0n) is 6.37. The summed E-state index contributed by atoms with van der Waals surface area (Å²) in [6.45, 7) is 0. The van der Waals surface area contributed by atoms with Crippen molar-refractivity contribution in [3.63, 3.8) is 0 Å². The van der Waals surface area contributed by atoms with Gasteiger partial charge in [-0.1, -0.05) is 0 Å². The SMILES string of the molecule is CN(C)C(=O)Nc1ccsn1. The van der Waals surface area contributed by atoms with Gasteiger partial charge in [0.15, 0.2) is 0 Å². The summed E-state index contributed by atoms with van der Waals surface area (Å²) in [7, 11) is 3.36. The van der Waals surface area contributed by atoms with Crippen LogP contribution in [-0.2, 0) is 0 Å². The summed E-state index contributed by atoms with van der Waals surface area (Å²) in [6.07, 6.45) is 0. The van der Waals surface area contributed by atoms with Gasteiger partial charge < -0.3 is 4.90 Å². The van der Waals surface area contributed by atoms with E-state index in [4.69, 9.17) is 0 Å². The number of amides is 2.